The van der Waals surface area contributed by atoms with E-state index in [-0.39, 0.29) is 17.9 Å². The van der Waals surface area contributed by atoms with Crippen LogP contribution in [0.4, 0.5) is 5.82 Å². The number of carbonyl (C=O) groups is 2. The molecule has 3 heterocycles. The Labute approximate surface area is 198 Å². The number of hydrogen-bond acceptors (Lipinski definition) is 6. The van der Waals surface area contributed by atoms with E-state index in [0.29, 0.717) is 41.4 Å². The summed E-state index contributed by atoms with van der Waals surface area (Å²) in [7, 11) is 1.67. The summed E-state index contributed by atoms with van der Waals surface area (Å²) in [6.07, 6.45) is 8.08. The molecule has 0 radical (unpaired) electrons. The third-order valence-corrected chi connectivity index (χ3v) is 6.05. The number of amidine groups is 1. The van der Waals surface area contributed by atoms with Crippen molar-refractivity contribution in [3.05, 3.63) is 60.7 Å². The van der Waals surface area contributed by atoms with Crippen LogP contribution >= 0.6 is 0 Å². The number of fused-ring (bicyclic) bond motifs is 1. The molecule has 0 saturated carbocycles. The van der Waals surface area contributed by atoms with Gasteiger partial charge in [-0.25, -0.2) is 9.97 Å². The maximum absolute atomic E-state index is 12.6. The molecule has 1 aromatic carbocycles. The Morgan fingerprint density at radius 1 is 1.32 bits per heavy atom. The van der Waals surface area contributed by atoms with Gasteiger partial charge < -0.3 is 16.0 Å². The van der Waals surface area contributed by atoms with Gasteiger partial charge in [0.05, 0.1) is 6.04 Å². The monoisotopic (exact) mass is 459 g/mol. The van der Waals surface area contributed by atoms with E-state index in [1.165, 1.54) is 6.08 Å². The van der Waals surface area contributed by atoms with Crippen LogP contribution in [-0.2, 0) is 4.79 Å². The minimum absolute atomic E-state index is 0.115. The van der Waals surface area contributed by atoms with E-state index in [1.54, 1.807) is 30.3 Å². The molecule has 9 heteroatoms. The van der Waals surface area contributed by atoms with E-state index in [2.05, 4.69) is 21.9 Å². The van der Waals surface area contributed by atoms with Crippen molar-refractivity contribution < 1.29 is 9.59 Å². The largest absolute Gasteiger partial charge is 0.382 e. The number of amides is 2. The number of anilines is 1. The van der Waals surface area contributed by atoms with Crippen molar-refractivity contribution in [1.82, 2.24) is 24.6 Å². The fourth-order valence-corrected chi connectivity index (χ4v) is 4.39. The summed E-state index contributed by atoms with van der Waals surface area (Å²) in [6.45, 7) is 6.32. The number of likely N-dealkylation sites (tertiary alicyclic amines) is 1. The first kappa shape index (κ1) is 23.2. The topological polar surface area (TPSA) is 118 Å². The number of aromatic nitrogens is 3. The third kappa shape index (κ3) is 4.28. The van der Waals surface area contributed by atoms with Gasteiger partial charge in [0.2, 0.25) is 5.91 Å². The van der Waals surface area contributed by atoms with Crippen LogP contribution in [0.5, 0.6) is 0 Å². The molecule has 1 atom stereocenters. The van der Waals surface area contributed by atoms with Crippen LogP contribution in [0, 0.1) is 0 Å². The molecule has 1 fully saturated rings. The lowest BCUT2D eigenvalue weighted by molar-refractivity contribution is -0.127. The molecule has 0 spiro atoms. The van der Waals surface area contributed by atoms with Gasteiger partial charge in [0.25, 0.3) is 5.91 Å². The Hall–Kier alpha value is -4.01. The van der Waals surface area contributed by atoms with E-state index >= 15 is 0 Å². The third-order valence-electron chi connectivity index (χ3n) is 6.05. The highest BCUT2D eigenvalue weighted by Crippen LogP contribution is 2.36. The molecule has 0 aliphatic carbocycles. The lowest BCUT2D eigenvalue weighted by Crippen LogP contribution is -2.30. The normalized spacial score (nSPS) is 16.1. The Kier molecular flexibility index (Phi) is 6.72. The van der Waals surface area contributed by atoms with Crippen molar-refractivity contribution in [2.45, 2.75) is 38.6 Å². The van der Waals surface area contributed by atoms with Crippen molar-refractivity contribution in [1.29, 1.82) is 0 Å². The van der Waals surface area contributed by atoms with Crippen LogP contribution in [0.2, 0.25) is 0 Å². The molecule has 176 valence electrons. The molecule has 2 aromatic heterocycles. The highest BCUT2D eigenvalue weighted by atomic mass is 16.2. The second-order valence-corrected chi connectivity index (χ2v) is 8.20. The molecule has 4 rings (SSSR count). The molecule has 3 N–H and O–H groups in total. The number of nitrogen functional groups attached to an aromatic ring is 1. The smallest absolute Gasteiger partial charge is 0.256 e. The summed E-state index contributed by atoms with van der Waals surface area (Å²) in [5.41, 5.74) is 8.92. The highest BCUT2D eigenvalue weighted by Gasteiger charge is 2.33. The Balaban J connectivity index is 1.71. The van der Waals surface area contributed by atoms with Crippen LogP contribution in [0.3, 0.4) is 0 Å². The van der Waals surface area contributed by atoms with E-state index in [9.17, 15) is 9.59 Å². The summed E-state index contributed by atoms with van der Waals surface area (Å²) in [4.78, 5) is 40.1. The predicted molar refractivity (Wildman–Crippen MR) is 132 cm³/mol. The standard InChI is InChI=1S/C25H29N7O2/c1-4-7-19(27-3)29-25(34)17-11-9-16(10-12-17)21-22-23(26)28-13-15-32(22)24(30-21)18-8-6-14-31(18)20(33)5-2/h5,9-13,15,18H,2,4,6-8,14H2,1,3H3,(H2,26,28)(H,27,29,34)/t18-/m0/s1. The molecular formula is C25H29N7O2. The van der Waals surface area contributed by atoms with Gasteiger partial charge in [-0.1, -0.05) is 25.6 Å². The first-order valence-electron chi connectivity index (χ1n) is 11.4. The van der Waals surface area contributed by atoms with Gasteiger partial charge in [0, 0.05) is 43.5 Å². The Bertz CT molecular complexity index is 1260. The van der Waals surface area contributed by atoms with Gasteiger partial charge in [-0.2, -0.15) is 0 Å². The second-order valence-electron chi connectivity index (χ2n) is 8.20. The molecule has 3 aromatic rings. The summed E-state index contributed by atoms with van der Waals surface area (Å²) < 4.78 is 1.91. The Morgan fingerprint density at radius 3 is 2.76 bits per heavy atom. The zero-order valence-corrected chi connectivity index (χ0v) is 19.5. The van der Waals surface area contributed by atoms with E-state index < -0.39 is 0 Å². The molecule has 1 saturated heterocycles. The molecule has 9 nitrogen and oxygen atoms in total. The lowest BCUT2D eigenvalue weighted by Gasteiger charge is -2.22. The molecule has 34 heavy (non-hydrogen) atoms. The van der Waals surface area contributed by atoms with Gasteiger partial charge in [-0.3, -0.25) is 19.0 Å². The van der Waals surface area contributed by atoms with Crippen molar-refractivity contribution in [3.8, 4) is 11.3 Å². The quantitative estimate of drug-likeness (QED) is 0.333. The minimum Gasteiger partial charge on any atom is -0.382 e. The zero-order valence-electron chi connectivity index (χ0n) is 19.5. The lowest BCUT2D eigenvalue weighted by atomic mass is 10.1. The van der Waals surface area contributed by atoms with Crippen LogP contribution in [0.25, 0.3) is 16.8 Å². The van der Waals surface area contributed by atoms with Crippen LogP contribution in [-0.4, -0.2) is 50.5 Å². The molecule has 1 aliphatic rings. The van der Waals surface area contributed by atoms with E-state index in [0.717, 1.165) is 30.7 Å². The van der Waals surface area contributed by atoms with Crippen molar-refractivity contribution in [2.75, 3.05) is 19.3 Å². The number of nitrogens with two attached hydrogens (primary N) is 1. The average molecular weight is 460 g/mol. The number of hydrogen-bond donors (Lipinski definition) is 2. The second kappa shape index (κ2) is 9.86. The van der Waals surface area contributed by atoms with Gasteiger partial charge in [0.1, 0.15) is 28.7 Å². The van der Waals surface area contributed by atoms with Gasteiger partial charge in [-0.05, 0) is 37.5 Å². The number of benzene rings is 1. The summed E-state index contributed by atoms with van der Waals surface area (Å²) >= 11 is 0. The maximum atomic E-state index is 12.6. The number of imidazole rings is 1. The van der Waals surface area contributed by atoms with Crippen LogP contribution in [0.1, 0.15) is 54.8 Å². The average Bonchev–Trinajstić information content (AvgIpc) is 3.49. The number of aliphatic imine (C=N–C) groups is 1. The summed E-state index contributed by atoms with van der Waals surface area (Å²) in [6, 6.07) is 7.02. The minimum atomic E-state index is -0.207. The highest BCUT2D eigenvalue weighted by molar-refractivity contribution is 6.06. The summed E-state index contributed by atoms with van der Waals surface area (Å²) in [5, 5.41) is 2.86. The SMILES string of the molecule is C=CC(=O)N1CCC[C@H]1c1nc(-c2ccc(C(=O)N/C(CCC)=N/C)cc2)c2c(N)nccn12. The van der Waals surface area contributed by atoms with Crippen molar-refractivity contribution >= 4 is 29.0 Å². The first-order valence-corrected chi connectivity index (χ1v) is 11.4. The number of rotatable bonds is 6. The van der Waals surface area contributed by atoms with E-state index in [4.69, 9.17) is 10.7 Å². The maximum Gasteiger partial charge on any atom is 0.256 e. The fourth-order valence-electron chi connectivity index (χ4n) is 4.39. The van der Waals surface area contributed by atoms with Crippen molar-refractivity contribution in [2.24, 2.45) is 4.99 Å². The molecule has 2 amide bonds. The summed E-state index contributed by atoms with van der Waals surface area (Å²) in [5.74, 6) is 1.42. The molecular weight excluding hydrogens is 430 g/mol. The zero-order chi connectivity index (χ0) is 24.2. The van der Waals surface area contributed by atoms with Gasteiger partial charge in [0.15, 0.2) is 0 Å². The van der Waals surface area contributed by atoms with Gasteiger partial charge >= 0.3 is 0 Å². The molecule has 0 unspecified atom stereocenters. The predicted octanol–water partition coefficient (Wildman–Crippen LogP) is 3.39. The fraction of sp³-hybridized carbons (Fsp3) is 0.320. The number of nitrogens with one attached hydrogen (secondary N) is 1. The van der Waals surface area contributed by atoms with Crippen molar-refractivity contribution in [3.63, 3.8) is 0 Å². The number of nitrogens with zero attached hydrogens (tertiary/aromatic N) is 5. The van der Waals surface area contributed by atoms with Crippen LogP contribution in [0.15, 0.2) is 54.3 Å². The Morgan fingerprint density at radius 2 is 2.09 bits per heavy atom. The number of carbonyl (C=O) groups excluding carboxylic acids is 2. The molecule has 0 bridgehead atoms. The van der Waals surface area contributed by atoms with Crippen LogP contribution < -0.4 is 11.1 Å². The molecule has 1 aliphatic heterocycles. The van der Waals surface area contributed by atoms with E-state index in [1.807, 2.05) is 29.7 Å². The first-order chi connectivity index (χ1) is 16.5. The van der Waals surface area contributed by atoms with Gasteiger partial charge in [-0.15, -0.1) is 0 Å².